The van der Waals surface area contributed by atoms with E-state index >= 15 is 0 Å². The van der Waals surface area contributed by atoms with Crippen LogP contribution in [0.1, 0.15) is 11.4 Å². The Bertz CT molecular complexity index is 268. The third kappa shape index (κ3) is 0.982. The van der Waals surface area contributed by atoms with Gasteiger partial charge in [0.1, 0.15) is 0 Å². The van der Waals surface area contributed by atoms with Crippen LogP contribution in [-0.2, 0) is 13.5 Å². The molecule has 0 amide bonds. The molecule has 10 heavy (non-hydrogen) atoms. The molecule has 0 aliphatic heterocycles. The van der Waals surface area contributed by atoms with Crippen LogP contribution in [0, 0.1) is 18.3 Å². The first-order valence-corrected chi connectivity index (χ1v) is 2.98. The fourth-order valence-electron chi connectivity index (χ4n) is 0.685. The van der Waals surface area contributed by atoms with Gasteiger partial charge in [-0.15, -0.1) is 5.10 Å². The molecule has 52 valence electrons. The molecule has 0 aliphatic carbocycles. The predicted molar refractivity (Wildman–Crippen MR) is 35.1 cm³/mol. The van der Waals surface area contributed by atoms with Crippen molar-refractivity contribution in [2.75, 3.05) is 0 Å². The normalized spacial score (nSPS) is 9.30. The zero-order chi connectivity index (χ0) is 7.56. The summed E-state index contributed by atoms with van der Waals surface area (Å²) in [6.45, 7) is 1.90. The van der Waals surface area contributed by atoms with Crippen LogP contribution in [0.5, 0.6) is 0 Å². The van der Waals surface area contributed by atoms with Crippen molar-refractivity contribution in [1.82, 2.24) is 15.0 Å². The molecule has 4 nitrogen and oxygen atoms in total. The summed E-state index contributed by atoms with van der Waals surface area (Å²) < 4.78 is 1.66. The summed E-state index contributed by atoms with van der Waals surface area (Å²) >= 11 is 0. The lowest BCUT2D eigenvalue weighted by atomic mass is 10.3. The minimum absolute atomic E-state index is 0.347. The third-order valence-electron chi connectivity index (χ3n) is 1.45. The van der Waals surface area contributed by atoms with E-state index in [9.17, 15) is 0 Å². The van der Waals surface area contributed by atoms with Crippen LogP contribution < -0.4 is 0 Å². The first-order valence-electron chi connectivity index (χ1n) is 2.98. The SMILES string of the molecule is Cc1c(CC#N)nnn1C. The molecule has 0 radical (unpaired) electrons. The van der Waals surface area contributed by atoms with E-state index in [2.05, 4.69) is 10.3 Å². The zero-order valence-corrected chi connectivity index (χ0v) is 6.00. The lowest BCUT2D eigenvalue weighted by Gasteiger charge is -1.89. The molecular formula is C6H8N4. The first kappa shape index (κ1) is 6.75. The largest absolute Gasteiger partial charge is 0.252 e. The molecule has 0 fully saturated rings. The highest BCUT2D eigenvalue weighted by Crippen LogP contribution is 2.00. The molecule has 0 N–H and O–H groups in total. The third-order valence-corrected chi connectivity index (χ3v) is 1.45. The average Bonchev–Trinajstić information content (AvgIpc) is 2.20. The Labute approximate surface area is 59.1 Å². The van der Waals surface area contributed by atoms with Crippen LogP contribution in [0.2, 0.25) is 0 Å². The van der Waals surface area contributed by atoms with Gasteiger partial charge < -0.3 is 0 Å². The second kappa shape index (κ2) is 2.48. The maximum Gasteiger partial charge on any atom is 0.0996 e. The molecular weight excluding hydrogens is 128 g/mol. The van der Waals surface area contributed by atoms with Crippen molar-refractivity contribution in [3.05, 3.63) is 11.4 Å². The minimum Gasteiger partial charge on any atom is -0.252 e. The Morgan fingerprint density at radius 2 is 2.40 bits per heavy atom. The van der Waals surface area contributed by atoms with E-state index in [1.807, 2.05) is 20.0 Å². The lowest BCUT2D eigenvalue weighted by molar-refractivity contribution is 0.696. The number of nitrogens with zero attached hydrogens (tertiary/aromatic N) is 4. The Morgan fingerprint density at radius 3 is 2.80 bits per heavy atom. The highest BCUT2D eigenvalue weighted by molar-refractivity contribution is 5.11. The number of rotatable bonds is 1. The summed E-state index contributed by atoms with van der Waals surface area (Å²) in [7, 11) is 1.81. The monoisotopic (exact) mass is 136 g/mol. The summed E-state index contributed by atoms with van der Waals surface area (Å²) in [4.78, 5) is 0. The first-order chi connectivity index (χ1) is 4.75. The van der Waals surface area contributed by atoms with Gasteiger partial charge in [-0.1, -0.05) is 5.21 Å². The van der Waals surface area contributed by atoms with Crippen LogP contribution in [0.3, 0.4) is 0 Å². The molecule has 0 spiro atoms. The van der Waals surface area contributed by atoms with Crippen molar-refractivity contribution in [1.29, 1.82) is 5.26 Å². The van der Waals surface area contributed by atoms with Gasteiger partial charge in [0, 0.05) is 7.05 Å². The highest BCUT2D eigenvalue weighted by atomic mass is 15.4. The Hall–Kier alpha value is -1.37. The summed E-state index contributed by atoms with van der Waals surface area (Å²) in [5.41, 5.74) is 1.73. The maximum absolute atomic E-state index is 8.33. The molecule has 1 rings (SSSR count). The van der Waals surface area contributed by atoms with E-state index in [0.29, 0.717) is 6.42 Å². The number of hydrogen-bond donors (Lipinski definition) is 0. The second-order valence-corrected chi connectivity index (χ2v) is 2.08. The highest BCUT2D eigenvalue weighted by Gasteiger charge is 2.02. The quantitative estimate of drug-likeness (QED) is 0.553. The van der Waals surface area contributed by atoms with Gasteiger partial charge in [0.25, 0.3) is 0 Å². The topological polar surface area (TPSA) is 54.5 Å². The van der Waals surface area contributed by atoms with Gasteiger partial charge >= 0.3 is 0 Å². The van der Waals surface area contributed by atoms with Crippen molar-refractivity contribution in [3.63, 3.8) is 0 Å². The molecule has 0 saturated heterocycles. The summed E-state index contributed by atoms with van der Waals surface area (Å²) in [5.74, 6) is 0. The van der Waals surface area contributed by atoms with E-state index < -0.39 is 0 Å². The van der Waals surface area contributed by atoms with Crippen LogP contribution in [0.25, 0.3) is 0 Å². The predicted octanol–water partition coefficient (Wildman–Crippen LogP) is 0.190. The van der Waals surface area contributed by atoms with Gasteiger partial charge in [-0.05, 0) is 6.92 Å². The van der Waals surface area contributed by atoms with Crippen LogP contribution in [-0.4, -0.2) is 15.0 Å². The van der Waals surface area contributed by atoms with Gasteiger partial charge in [0.2, 0.25) is 0 Å². The summed E-state index contributed by atoms with van der Waals surface area (Å²) in [5, 5.41) is 15.9. The number of aryl methyl sites for hydroxylation is 1. The van der Waals surface area contributed by atoms with E-state index in [1.54, 1.807) is 4.68 Å². The van der Waals surface area contributed by atoms with Crippen molar-refractivity contribution < 1.29 is 0 Å². The van der Waals surface area contributed by atoms with Gasteiger partial charge in [0.15, 0.2) is 0 Å². The van der Waals surface area contributed by atoms with Crippen molar-refractivity contribution in [2.45, 2.75) is 13.3 Å². The molecule has 0 bridgehead atoms. The summed E-state index contributed by atoms with van der Waals surface area (Å²) in [6.07, 6.45) is 0.347. The standard InChI is InChI=1S/C6H8N4/c1-5-6(3-4-7)8-9-10(5)2/h3H2,1-2H3. The maximum atomic E-state index is 8.33. The van der Waals surface area contributed by atoms with E-state index in [1.165, 1.54) is 0 Å². The van der Waals surface area contributed by atoms with Crippen molar-refractivity contribution in [3.8, 4) is 6.07 Å². The molecule has 4 heteroatoms. The van der Waals surface area contributed by atoms with E-state index in [0.717, 1.165) is 11.4 Å². The van der Waals surface area contributed by atoms with Crippen LogP contribution in [0.15, 0.2) is 0 Å². The Morgan fingerprint density at radius 1 is 1.70 bits per heavy atom. The van der Waals surface area contributed by atoms with E-state index in [4.69, 9.17) is 5.26 Å². The average molecular weight is 136 g/mol. The zero-order valence-electron chi connectivity index (χ0n) is 6.00. The molecule has 0 unspecified atom stereocenters. The number of hydrogen-bond acceptors (Lipinski definition) is 3. The van der Waals surface area contributed by atoms with Crippen molar-refractivity contribution >= 4 is 0 Å². The molecule has 0 aliphatic rings. The molecule has 0 saturated carbocycles. The fraction of sp³-hybridized carbons (Fsp3) is 0.500. The van der Waals surface area contributed by atoms with Crippen molar-refractivity contribution in [2.24, 2.45) is 7.05 Å². The smallest absolute Gasteiger partial charge is 0.0996 e. The molecule has 1 aromatic rings. The Balaban J connectivity index is 2.96. The fourth-order valence-corrected chi connectivity index (χ4v) is 0.685. The van der Waals surface area contributed by atoms with Gasteiger partial charge in [-0.3, -0.25) is 4.68 Å². The molecule has 0 aromatic carbocycles. The second-order valence-electron chi connectivity index (χ2n) is 2.08. The molecule has 1 aromatic heterocycles. The minimum atomic E-state index is 0.347. The van der Waals surface area contributed by atoms with Gasteiger partial charge in [-0.25, -0.2) is 0 Å². The molecule has 1 heterocycles. The number of aromatic nitrogens is 3. The lowest BCUT2D eigenvalue weighted by Crippen LogP contribution is -1.93. The summed E-state index contributed by atoms with van der Waals surface area (Å²) in [6, 6.07) is 2.02. The van der Waals surface area contributed by atoms with Crippen LogP contribution >= 0.6 is 0 Å². The molecule has 0 atom stereocenters. The van der Waals surface area contributed by atoms with Crippen LogP contribution in [0.4, 0.5) is 0 Å². The van der Waals surface area contributed by atoms with Gasteiger partial charge in [0.05, 0.1) is 23.9 Å². The Kier molecular flexibility index (Phi) is 1.67. The number of nitriles is 1. The van der Waals surface area contributed by atoms with E-state index in [-0.39, 0.29) is 0 Å². The van der Waals surface area contributed by atoms with Gasteiger partial charge in [-0.2, -0.15) is 5.26 Å².